The van der Waals surface area contributed by atoms with Gasteiger partial charge in [0, 0.05) is 23.8 Å². The molecule has 0 aliphatic heterocycles. The van der Waals surface area contributed by atoms with Crippen molar-refractivity contribution in [3.05, 3.63) is 70.5 Å². The van der Waals surface area contributed by atoms with Crippen molar-refractivity contribution < 1.29 is 4.74 Å². The summed E-state index contributed by atoms with van der Waals surface area (Å²) in [6.45, 7) is 0.941. The van der Waals surface area contributed by atoms with E-state index in [4.69, 9.17) is 9.72 Å². The highest BCUT2D eigenvalue weighted by Crippen LogP contribution is 2.26. The van der Waals surface area contributed by atoms with Gasteiger partial charge in [-0.1, -0.05) is 60.3 Å². The number of hydrogen-bond acceptors (Lipinski definition) is 4. The quantitative estimate of drug-likeness (QED) is 0.417. The van der Waals surface area contributed by atoms with E-state index in [9.17, 15) is 4.79 Å². The van der Waals surface area contributed by atoms with Gasteiger partial charge in [0.05, 0.1) is 13.2 Å². The number of thioether (sulfide) groups is 1. The molecule has 0 aliphatic rings. The van der Waals surface area contributed by atoms with Crippen LogP contribution in [0.5, 0.6) is 0 Å². The lowest BCUT2D eigenvalue weighted by Gasteiger charge is -2.11. The van der Waals surface area contributed by atoms with E-state index in [-0.39, 0.29) is 5.56 Å². The standard InChI is InChI=1S/C20H19N3O2S/c1-25-12-11-23-19(24)18-17(15-9-5-6-10-16(15)21-18)22-20(23)26-13-14-7-3-2-4-8-14/h2-10,21H,11-13H2,1H3. The second kappa shape index (κ2) is 7.35. The van der Waals surface area contributed by atoms with Crippen LogP contribution in [0.3, 0.4) is 0 Å². The lowest BCUT2D eigenvalue weighted by molar-refractivity contribution is 0.183. The molecule has 0 bridgehead atoms. The van der Waals surface area contributed by atoms with Crippen LogP contribution in [0, 0.1) is 0 Å². The Labute approximate surface area is 155 Å². The van der Waals surface area contributed by atoms with Gasteiger partial charge >= 0.3 is 0 Å². The van der Waals surface area contributed by atoms with Crippen LogP contribution >= 0.6 is 11.8 Å². The number of benzene rings is 2. The highest BCUT2D eigenvalue weighted by molar-refractivity contribution is 7.98. The summed E-state index contributed by atoms with van der Waals surface area (Å²) < 4.78 is 6.89. The zero-order valence-corrected chi connectivity index (χ0v) is 15.3. The van der Waals surface area contributed by atoms with Crippen molar-refractivity contribution >= 4 is 33.7 Å². The SMILES string of the molecule is COCCn1c(SCc2ccccc2)nc2c([nH]c3ccccc32)c1=O. The number of nitrogens with one attached hydrogen (secondary N) is 1. The van der Waals surface area contributed by atoms with Crippen molar-refractivity contribution in [1.82, 2.24) is 14.5 Å². The summed E-state index contributed by atoms with van der Waals surface area (Å²) in [6, 6.07) is 18.1. The van der Waals surface area contributed by atoms with Crippen LogP contribution in [-0.2, 0) is 17.0 Å². The van der Waals surface area contributed by atoms with Gasteiger partial charge in [-0.05, 0) is 11.6 Å². The van der Waals surface area contributed by atoms with Crippen molar-refractivity contribution in [2.45, 2.75) is 17.5 Å². The van der Waals surface area contributed by atoms with Crippen molar-refractivity contribution in [2.75, 3.05) is 13.7 Å². The van der Waals surface area contributed by atoms with Crippen LogP contribution in [-0.4, -0.2) is 28.3 Å². The second-order valence-corrected chi connectivity index (χ2v) is 6.95. The highest BCUT2D eigenvalue weighted by Gasteiger charge is 2.15. The van der Waals surface area contributed by atoms with Crippen LogP contribution in [0.2, 0.25) is 0 Å². The molecular weight excluding hydrogens is 346 g/mol. The van der Waals surface area contributed by atoms with E-state index in [0.717, 1.165) is 22.2 Å². The maximum atomic E-state index is 13.1. The number of para-hydroxylation sites is 1. The number of methoxy groups -OCH3 is 1. The largest absolute Gasteiger partial charge is 0.383 e. The molecule has 0 atom stereocenters. The van der Waals surface area contributed by atoms with E-state index < -0.39 is 0 Å². The normalized spacial score (nSPS) is 11.4. The Kier molecular flexibility index (Phi) is 4.77. The van der Waals surface area contributed by atoms with E-state index in [1.807, 2.05) is 42.5 Å². The van der Waals surface area contributed by atoms with Gasteiger partial charge in [-0.2, -0.15) is 0 Å². The molecule has 5 nitrogen and oxygen atoms in total. The van der Waals surface area contributed by atoms with Gasteiger partial charge in [-0.15, -0.1) is 0 Å². The van der Waals surface area contributed by atoms with Gasteiger partial charge in [-0.25, -0.2) is 4.98 Å². The van der Waals surface area contributed by atoms with Gasteiger partial charge in [0.1, 0.15) is 11.0 Å². The number of fused-ring (bicyclic) bond motifs is 3. The topological polar surface area (TPSA) is 59.9 Å². The minimum Gasteiger partial charge on any atom is -0.383 e. The van der Waals surface area contributed by atoms with Gasteiger partial charge < -0.3 is 9.72 Å². The van der Waals surface area contributed by atoms with E-state index in [1.54, 1.807) is 23.4 Å². The minimum absolute atomic E-state index is 0.0567. The van der Waals surface area contributed by atoms with E-state index in [0.29, 0.717) is 23.8 Å². The third-order valence-corrected chi connectivity index (χ3v) is 5.35. The summed E-state index contributed by atoms with van der Waals surface area (Å²) >= 11 is 1.57. The Morgan fingerprint density at radius 2 is 1.88 bits per heavy atom. The fraction of sp³-hybridized carbons (Fsp3) is 0.200. The van der Waals surface area contributed by atoms with Crippen LogP contribution in [0.1, 0.15) is 5.56 Å². The summed E-state index contributed by atoms with van der Waals surface area (Å²) in [5.41, 5.74) is 3.35. The molecule has 0 unspecified atom stereocenters. The number of H-pyrrole nitrogens is 1. The fourth-order valence-electron chi connectivity index (χ4n) is 2.99. The van der Waals surface area contributed by atoms with Crippen molar-refractivity contribution in [2.24, 2.45) is 0 Å². The van der Waals surface area contributed by atoms with Crippen molar-refractivity contribution in [1.29, 1.82) is 0 Å². The number of rotatable bonds is 6. The summed E-state index contributed by atoms with van der Waals surface area (Å²) in [5, 5.41) is 1.69. The second-order valence-electron chi connectivity index (χ2n) is 6.01. The Morgan fingerprint density at radius 3 is 2.69 bits per heavy atom. The lowest BCUT2D eigenvalue weighted by Crippen LogP contribution is -2.25. The number of hydrogen-bond donors (Lipinski definition) is 1. The molecule has 0 radical (unpaired) electrons. The van der Waals surface area contributed by atoms with Gasteiger partial charge in [0.2, 0.25) is 0 Å². The number of aromatic nitrogens is 3. The molecule has 6 heteroatoms. The van der Waals surface area contributed by atoms with Crippen LogP contribution in [0.4, 0.5) is 0 Å². The molecule has 0 fully saturated rings. The molecule has 26 heavy (non-hydrogen) atoms. The zero-order valence-electron chi connectivity index (χ0n) is 14.4. The molecule has 2 aromatic carbocycles. The first-order valence-electron chi connectivity index (χ1n) is 8.45. The third-order valence-electron chi connectivity index (χ3n) is 4.31. The smallest absolute Gasteiger partial charge is 0.278 e. The summed E-state index contributed by atoms with van der Waals surface area (Å²) in [6.07, 6.45) is 0. The van der Waals surface area contributed by atoms with E-state index in [2.05, 4.69) is 17.1 Å². The summed E-state index contributed by atoms with van der Waals surface area (Å²) in [5.74, 6) is 0.758. The molecule has 2 aromatic heterocycles. The Balaban J connectivity index is 1.82. The summed E-state index contributed by atoms with van der Waals surface area (Å²) in [7, 11) is 1.64. The molecule has 0 amide bonds. The Hall–Kier alpha value is -2.57. The molecule has 0 aliphatic carbocycles. The highest BCUT2D eigenvalue weighted by atomic mass is 32.2. The van der Waals surface area contributed by atoms with E-state index >= 15 is 0 Å². The molecule has 2 heterocycles. The average molecular weight is 365 g/mol. The van der Waals surface area contributed by atoms with Gasteiger partial charge in [0.25, 0.3) is 5.56 Å². The predicted molar refractivity (Wildman–Crippen MR) is 106 cm³/mol. The van der Waals surface area contributed by atoms with Gasteiger partial charge in [-0.3, -0.25) is 9.36 Å². The summed E-state index contributed by atoms with van der Waals surface area (Å²) in [4.78, 5) is 21.1. The number of aromatic amines is 1. The molecule has 4 rings (SSSR count). The minimum atomic E-state index is -0.0567. The van der Waals surface area contributed by atoms with Crippen LogP contribution in [0.15, 0.2) is 64.5 Å². The van der Waals surface area contributed by atoms with Crippen LogP contribution in [0.25, 0.3) is 21.9 Å². The first kappa shape index (κ1) is 16.9. The molecule has 0 saturated carbocycles. The van der Waals surface area contributed by atoms with Crippen molar-refractivity contribution in [3.8, 4) is 0 Å². The fourth-order valence-corrected chi connectivity index (χ4v) is 3.96. The number of ether oxygens (including phenoxy) is 1. The maximum absolute atomic E-state index is 13.1. The monoisotopic (exact) mass is 365 g/mol. The predicted octanol–water partition coefficient (Wildman–Crippen LogP) is 3.82. The number of nitrogens with zero attached hydrogens (tertiary/aromatic N) is 2. The first-order valence-corrected chi connectivity index (χ1v) is 9.43. The van der Waals surface area contributed by atoms with E-state index in [1.165, 1.54) is 5.56 Å². The molecule has 4 aromatic rings. The molecule has 0 saturated heterocycles. The molecule has 1 N–H and O–H groups in total. The maximum Gasteiger partial charge on any atom is 0.278 e. The van der Waals surface area contributed by atoms with Crippen molar-refractivity contribution in [3.63, 3.8) is 0 Å². The average Bonchev–Trinajstić information content (AvgIpc) is 3.06. The lowest BCUT2D eigenvalue weighted by atomic mass is 10.2. The Bertz CT molecular complexity index is 1100. The van der Waals surface area contributed by atoms with Crippen LogP contribution < -0.4 is 5.56 Å². The van der Waals surface area contributed by atoms with Gasteiger partial charge in [0.15, 0.2) is 5.16 Å². The first-order chi connectivity index (χ1) is 12.8. The molecule has 132 valence electrons. The third kappa shape index (κ3) is 3.13. The zero-order chi connectivity index (χ0) is 17.9. The molecular formula is C20H19N3O2S. The Morgan fingerprint density at radius 1 is 1.12 bits per heavy atom. The molecule has 0 spiro atoms.